The number of Topliss-reactive ketones (excluding diaryl/α,β-unsaturated/α-hetero) is 1. The Kier molecular flexibility index (Phi) is 5.12. The highest BCUT2D eigenvalue weighted by Gasteiger charge is 2.18. The summed E-state index contributed by atoms with van der Waals surface area (Å²) in [5, 5.41) is 0.470. The minimum atomic E-state index is -0.631. The molecular weight excluding hydrogens is 372 g/mol. The van der Waals surface area contributed by atoms with E-state index in [2.05, 4.69) is 4.98 Å². The molecule has 0 fully saturated rings. The van der Waals surface area contributed by atoms with Gasteiger partial charge in [-0.25, -0.2) is 9.78 Å². The molecule has 29 heavy (non-hydrogen) atoms. The number of nitrogens with zero attached hydrogens (tertiary/aromatic N) is 2. The van der Waals surface area contributed by atoms with E-state index in [0.717, 1.165) is 18.7 Å². The third-order valence-corrected chi connectivity index (χ3v) is 4.87. The summed E-state index contributed by atoms with van der Waals surface area (Å²) in [6.45, 7) is 2.73. The van der Waals surface area contributed by atoms with Crippen molar-refractivity contribution >= 4 is 22.7 Å². The van der Waals surface area contributed by atoms with Crippen molar-refractivity contribution in [3.8, 4) is 5.75 Å². The lowest BCUT2D eigenvalue weighted by Crippen LogP contribution is -2.21. The van der Waals surface area contributed by atoms with Gasteiger partial charge in [-0.05, 0) is 55.8 Å². The van der Waals surface area contributed by atoms with Crippen LogP contribution in [0.15, 0.2) is 47.3 Å². The van der Waals surface area contributed by atoms with Gasteiger partial charge in [-0.3, -0.25) is 14.2 Å². The molecule has 0 amide bonds. The Morgan fingerprint density at radius 2 is 1.86 bits per heavy atom. The van der Waals surface area contributed by atoms with Crippen molar-refractivity contribution in [3.63, 3.8) is 0 Å². The highest BCUT2D eigenvalue weighted by molar-refractivity contribution is 6.00. The molecule has 7 heteroatoms. The predicted molar refractivity (Wildman–Crippen MR) is 107 cm³/mol. The van der Waals surface area contributed by atoms with Gasteiger partial charge >= 0.3 is 5.97 Å². The Balaban J connectivity index is 1.47. The fourth-order valence-electron chi connectivity index (χ4n) is 3.41. The maximum atomic E-state index is 12.5. The fourth-order valence-corrected chi connectivity index (χ4v) is 3.41. The van der Waals surface area contributed by atoms with Crippen LogP contribution in [0.5, 0.6) is 5.75 Å². The molecule has 1 aromatic heterocycles. The Morgan fingerprint density at radius 3 is 2.62 bits per heavy atom. The van der Waals surface area contributed by atoms with Crippen LogP contribution in [0.25, 0.3) is 10.9 Å². The molecule has 148 valence electrons. The van der Waals surface area contributed by atoms with Crippen LogP contribution in [-0.2, 0) is 17.7 Å². The van der Waals surface area contributed by atoms with Crippen LogP contribution in [0.2, 0.25) is 0 Å². The Morgan fingerprint density at radius 1 is 1.10 bits per heavy atom. The maximum Gasteiger partial charge on any atom is 0.338 e. The van der Waals surface area contributed by atoms with Gasteiger partial charge in [0.1, 0.15) is 11.6 Å². The Labute approximate surface area is 166 Å². The second-order valence-corrected chi connectivity index (χ2v) is 6.78. The minimum Gasteiger partial charge on any atom is -0.494 e. The smallest absolute Gasteiger partial charge is 0.338 e. The zero-order valence-corrected chi connectivity index (χ0v) is 16.0. The molecule has 0 unspecified atom stereocenters. The number of ketones is 1. The number of esters is 1. The molecule has 0 bridgehead atoms. The summed E-state index contributed by atoms with van der Waals surface area (Å²) in [4.78, 5) is 41.6. The number of benzene rings is 2. The van der Waals surface area contributed by atoms with E-state index in [0.29, 0.717) is 35.4 Å². The third-order valence-electron chi connectivity index (χ3n) is 4.87. The number of rotatable bonds is 6. The van der Waals surface area contributed by atoms with E-state index in [1.54, 1.807) is 41.0 Å². The summed E-state index contributed by atoms with van der Waals surface area (Å²) < 4.78 is 12.2. The lowest BCUT2D eigenvalue weighted by molar-refractivity contribution is 0.0475. The van der Waals surface area contributed by atoms with Crippen molar-refractivity contribution in [1.82, 2.24) is 9.55 Å². The van der Waals surface area contributed by atoms with Gasteiger partial charge in [0, 0.05) is 18.5 Å². The monoisotopic (exact) mass is 392 g/mol. The van der Waals surface area contributed by atoms with Crippen LogP contribution in [0.4, 0.5) is 0 Å². The lowest BCUT2D eigenvalue weighted by atomic mass is 10.1. The average molecular weight is 392 g/mol. The van der Waals surface area contributed by atoms with E-state index < -0.39 is 5.97 Å². The normalized spacial score (nSPS) is 12.6. The van der Waals surface area contributed by atoms with Gasteiger partial charge in [0.05, 0.1) is 23.1 Å². The lowest BCUT2D eigenvalue weighted by Gasteiger charge is -2.08. The number of carbonyl (C=O) groups is 2. The van der Waals surface area contributed by atoms with Gasteiger partial charge in [0.15, 0.2) is 12.4 Å². The molecule has 7 nitrogen and oxygen atoms in total. The van der Waals surface area contributed by atoms with Gasteiger partial charge in [0.25, 0.3) is 5.56 Å². The van der Waals surface area contributed by atoms with E-state index >= 15 is 0 Å². The third kappa shape index (κ3) is 3.76. The summed E-state index contributed by atoms with van der Waals surface area (Å²) in [5.41, 5.74) is 1.07. The first-order valence-corrected chi connectivity index (χ1v) is 9.53. The van der Waals surface area contributed by atoms with Gasteiger partial charge in [0.2, 0.25) is 0 Å². The standard InChI is InChI=1S/C22H20N2O5/c1-2-28-16-8-5-14(6-9-16)19(25)13-29-22(27)15-7-10-17-18(12-15)23-20-4-3-11-24(20)21(17)26/h5-10,12H,2-4,11,13H2,1H3. The molecule has 0 spiro atoms. The predicted octanol–water partition coefficient (Wildman–Crippen LogP) is 2.78. The van der Waals surface area contributed by atoms with Crippen molar-refractivity contribution in [2.75, 3.05) is 13.2 Å². The molecule has 2 heterocycles. The molecule has 0 atom stereocenters. The number of aromatic nitrogens is 2. The fraction of sp³-hybridized carbons (Fsp3) is 0.273. The number of hydrogen-bond acceptors (Lipinski definition) is 6. The van der Waals surface area contributed by atoms with Gasteiger partial charge in [-0.1, -0.05) is 0 Å². The van der Waals surface area contributed by atoms with Crippen molar-refractivity contribution in [2.24, 2.45) is 0 Å². The van der Waals surface area contributed by atoms with Crippen LogP contribution < -0.4 is 10.3 Å². The maximum absolute atomic E-state index is 12.5. The van der Waals surface area contributed by atoms with Crippen LogP contribution >= 0.6 is 0 Å². The Hall–Kier alpha value is -3.48. The zero-order valence-electron chi connectivity index (χ0n) is 16.0. The molecule has 1 aliphatic heterocycles. The quantitative estimate of drug-likeness (QED) is 0.474. The van der Waals surface area contributed by atoms with Gasteiger partial charge in [-0.15, -0.1) is 0 Å². The highest BCUT2D eigenvalue weighted by atomic mass is 16.5. The highest BCUT2D eigenvalue weighted by Crippen LogP contribution is 2.17. The van der Waals surface area contributed by atoms with E-state index in [4.69, 9.17) is 9.47 Å². The van der Waals surface area contributed by atoms with Crippen molar-refractivity contribution < 1.29 is 19.1 Å². The molecular formula is C22H20N2O5. The molecule has 0 saturated heterocycles. The van der Waals surface area contributed by atoms with Gasteiger partial charge < -0.3 is 9.47 Å². The summed E-state index contributed by atoms with van der Waals surface area (Å²) in [7, 11) is 0. The SMILES string of the molecule is CCOc1ccc(C(=O)COC(=O)c2ccc3c(=O)n4c(nc3c2)CCC4)cc1. The van der Waals surface area contributed by atoms with Crippen LogP contribution in [-0.4, -0.2) is 34.5 Å². The van der Waals surface area contributed by atoms with E-state index in [1.807, 2.05) is 6.92 Å². The van der Waals surface area contributed by atoms with Crippen molar-refractivity contribution in [3.05, 3.63) is 69.8 Å². The number of fused-ring (bicyclic) bond motifs is 2. The second-order valence-electron chi connectivity index (χ2n) is 6.78. The van der Waals surface area contributed by atoms with Gasteiger partial charge in [-0.2, -0.15) is 0 Å². The summed E-state index contributed by atoms with van der Waals surface area (Å²) >= 11 is 0. The largest absolute Gasteiger partial charge is 0.494 e. The summed E-state index contributed by atoms with van der Waals surface area (Å²) in [5.74, 6) is 0.468. The van der Waals surface area contributed by atoms with Crippen LogP contribution in [0.1, 0.15) is 39.9 Å². The van der Waals surface area contributed by atoms with Crippen LogP contribution in [0, 0.1) is 0 Å². The molecule has 2 aromatic carbocycles. The summed E-state index contributed by atoms with van der Waals surface area (Å²) in [6, 6.07) is 11.3. The first-order valence-electron chi connectivity index (χ1n) is 9.53. The number of hydrogen-bond donors (Lipinski definition) is 0. The first kappa shape index (κ1) is 18.9. The minimum absolute atomic E-state index is 0.0897. The number of aryl methyl sites for hydroxylation is 1. The zero-order chi connectivity index (χ0) is 20.4. The van der Waals surface area contributed by atoms with Crippen molar-refractivity contribution in [2.45, 2.75) is 26.3 Å². The molecule has 0 aliphatic carbocycles. The molecule has 0 radical (unpaired) electrons. The molecule has 0 saturated carbocycles. The van der Waals surface area contributed by atoms with Crippen LogP contribution in [0.3, 0.4) is 0 Å². The first-order chi connectivity index (χ1) is 14.1. The van der Waals surface area contributed by atoms with E-state index in [-0.39, 0.29) is 23.5 Å². The topological polar surface area (TPSA) is 87.5 Å². The number of ether oxygens (including phenoxy) is 2. The molecule has 4 rings (SSSR count). The van der Waals surface area contributed by atoms with Crippen molar-refractivity contribution in [1.29, 1.82) is 0 Å². The molecule has 3 aromatic rings. The second kappa shape index (κ2) is 7.87. The average Bonchev–Trinajstić information content (AvgIpc) is 3.21. The number of carbonyl (C=O) groups excluding carboxylic acids is 2. The Bertz CT molecular complexity index is 1150. The molecule has 1 aliphatic rings. The summed E-state index contributed by atoms with van der Waals surface area (Å²) in [6.07, 6.45) is 1.64. The van der Waals surface area contributed by atoms with E-state index in [9.17, 15) is 14.4 Å². The molecule has 0 N–H and O–H groups in total. The van der Waals surface area contributed by atoms with E-state index in [1.165, 1.54) is 6.07 Å².